The zero-order valence-electron chi connectivity index (χ0n) is 8.74. The minimum Gasteiger partial charge on any atom is -0.468 e. The molecule has 86 valence electrons. The van der Waals surface area contributed by atoms with Gasteiger partial charge < -0.3 is 4.74 Å². The second-order valence-corrected chi connectivity index (χ2v) is 5.15. The quantitative estimate of drug-likeness (QED) is 0.805. The van der Waals surface area contributed by atoms with Crippen molar-refractivity contribution in [1.29, 1.82) is 0 Å². The molecule has 1 aromatic heterocycles. The van der Waals surface area contributed by atoms with E-state index in [4.69, 9.17) is 16.3 Å². The van der Waals surface area contributed by atoms with Crippen LogP contribution in [0.15, 0.2) is 16.7 Å². The van der Waals surface area contributed by atoms with Crippen LogP contribution in [0.4, 0.5) is 0 Å². The predicted octanol–water partition coefficient (Wildman–Crippen LogP) is 3.16. The van der Waals surface area contributed by atoms with Crippen molar-refractivity contribution in [1.82, 2.24) is 4.98 Å². The Balaban J connectivity index is 2.34. The van der Waals surface area contributed by atoms with Crippen LogP contribution in [0.2, 0.25) is 5.02 Å². The molecule has 0 bridgehead atoms. The second kappa shape index (κ2) is 4.72. The Bertz CT molecular complexity index is 420. The Morgan fingerprint density at radius 1 is 1.69 bits per heavy atom. The summed E-state index contributed by atoms with van der Waals surface area (Å²) in [6, 6.07) is 1.75. The summed E-state index contributed by atoms with van der Waals surface area (Å²) in [6.45, 7) is 0. The van der Waals surface area contributed by atoms with Gasteiger partial charge in [0.05, 0.1) is 17.8 Å². The molecular weight excluding hydrogens is 293 g/mol. The highest BCUT2D eigenvalue weighted by Gasteiger charge is 2.40. The van der Waals surface area contributed by atoms with E-state index in [1.165, 1.54) is 7.11 Å². The van der Waals surface area contributed by atoms with Gasteiger partial charge in [0.1, 0.15) is 5.92 Å². The Morgan fingerprint density at radius 3 is 2.88 bits per heavy atom. The first-order valence-electron chi connectivity index (χ1n) is 5.02. The lowest BCUT2D eigenvalue weighted by atomic mass is 9.99. The van der Waals surface area contributed by atoms with Gasteiger partial charge in [0, 0.05) is 10.7 Å². The van der Waals surface area contributed by atoms with Crippen LogP contribution in [-0.4, -0.2) is 18.1 Å². The van der Waals surface area contributed by atoms with Crippen LogP contribution in [0.3, 0.4) is 0 Å². The maximum atomic E-state index is 11.7. The molecule has 1 heterocycles. The average Bonchev–Trinajstić information content (AvgIpc) is 3.05. The predicted molar refractivity (Wildman–Crippen MR) is 64.4 cm³/mol. The molecule has 5 heteroatoms. The number of aromatic nitrogens is 1. The molecule has 0 amide bonds. The number of halogens is 2. The standard InChI is InChI=1S/C11H11BrClNO2/c1-16-11(15)9(6-2-3-6)10-8(12)4-7(13)5-14-10/h4-6,9H,2-3H2,1H3. The summed E-state index contributed by atoms with van der Waals surface area (Å²) in [6.07, 6.45) is 3.66. The van der Waals surface area contributed by atoms with Crippen molar-refractivity contribution in [3.8, 4) is 0 Å². The normalized spacial score (nSPS) is 16.9. The zero-order valence-corrected chi connectivity index (χ0v) is 11.1. The summed E-state index contributed by atoms with van der Waals surface area (Å²) in [5, 5.41) is 0.551. The maximum absolute atomic E-state index is 11.7. The summed E-state index contributed by atoms with van der Waals surface area (Å²) < 4.78 is 5.59. The first-order chi connectivity index (χ1) is 7.63. The first kappa shape index (κ1) is 11.9. The SMILES string of the molecule is COC(=O)C(c1ncc(Cl)cc1Br)C1CC1. The molecule has 1 aromatic rings. The molecule has 2 rings (SSSR count). The van der Waals surface area contributed by atoms with Crippen LogP contribution in [-0.2, 0) is 9.53 Å². The third-order valence-corrected chi connectivity index (χ3v) is 3.52. The van der Waals surface area contributed by atoms with Gasteiger partial charge in [-0.25, -0.2) is 0 Å². The van der Waals surface area contributed by atoms with E-state index in [1.807, 2.05) is 0 Å². The fraction of sp³-hybridized carbons (Fsp3) is 0.455. The van der Waals surface area contributed by atoms with Crippen molar-refractivity contribution in [2.75, 3.05) is 7.11 Å². The van der Waals surface area contributed by atoms with E-state index < -0.39 is 0 Å². The maximum Gasteiger partial charge on any atom is 0.315 e. The van der Waals surface area contributed by atoms with Crippen LogP contribution in [0.25, 0.3) is 0 Å². The molecule has 0 N–H and O–H groups in total. The number of rotatable bonds is 3. The number of hydrogen-bond acceptors (Lipinski definition) is 3. The smallest absolute Gasteiger partial charge is 0.315 e. The number of esters is 1. The molecule has 0 aromatic carbocycles. The monoisotopic (exact) mass is 303 g/mol. The van der Waals surface area contributed by atoms with E-state index in [1.54, 1.807) is 12.3 Å². The fourth-order valence-corrected chi connectivity index (χ4v) is 2.62. The summed E-state index contributed by atoms with van der Waals surface area (Å²) >= 11 is 9.21. The summed E-state index contributed by atoms with van der Waals surface area (Å²) in [5.41, 5.74) is 0.721. The van der Waals surface area contributed by atoms with Gasteiger partial charge in [-0.15, -0.1) is 0 Å². The third-order valence-electron chi connectivity index (χ3n) is 2.68. The topological polar surface area (TPSA) is 39.2 Å². The molecule has 0 saturated heterocycles. The highest BCUT2D eigenvalue weighted by molar-refractivity contribution is 9.10. The van der Waals surface area contributed by atoms with E-state index in [0.29, 0.717) is 10.9 Å². The van der Waals surface area contributed by atoms with Crippen LogP contribution < -0.4 is 0 Å². The largest absolute Gasteiger partial charge is 0.468 e. The van der Waals surface area contributed by atoms with Crippen LogP contribution in [0.1, 0.15) is 24.5 Å². The van der Waals surface area contributed by atoms with Crippen molar-refractivity contribution in [2.45, 2.75) is 18.8 Å². The Hall–Kier alpha value is -0.610. The minimum absolute atomic E-state index is 0.224. The number of hydrogen-bond donors (Lipinski definition) is 0. The Labute approximate surface area is 107 Å². The van der Waals surface area contributed by atoms with Crippen molar-refractivity contribution >= 4 is 33.5 Å². The van der Waals surface area contributed by atoms with Crippen molar-refractivity contribution in [2.24, 2.45) is 5.92 Å². The zero-order chi connectivity index (χ0) is 11.7. The molecule has 3 nitrogen and oxygen atoms in total. The summed E-state index contributed by atoms with van der Waals surface area (Å²) in [4.78, 5) is 15.9. The molecular formula is C11H11BrClNO2. The van der Waals surface area contributed by atoms with Gasteiger partial charge in [0.25, 0.3) is 0 Å². The average molecular weight is 305 g/mol. The van der Waals surface area contributed by atoms with E-state index in [2.05, 4.69) is 20.9 Å². The Morgan fingerprint density at radius 2 is 2.38 bits per heavy atom. The van der Waals surface area contributed by atoms with Gasteiger partial charge in [0.15, 0.2) is 0 Å². The van der Waals surface area contributed by atoms with E-state index >= 15 is 0 Å². The summed E-state index contributed by atoms with van der Waals surface area (Å²) in [7, 11) is 1.40. The molecule has 0 radical (unpaired) electrons. The lowest BCUT2D eigenvalue weighted by Crippen LogP contribution is -2.18. The van der Waals surface area contributed by atoms with E-state index in [9.17, 15) is 4.79 Å². The molecule has 1 aliphatic rings. The number of ether oxygens (including phenoxy) is 1. The minimum atomic E-state index is -0.267. The number of methoxy groups -OCH3 is 1. The van der Waals surface area contributed by atoms with Gasteiger partial charge in [-0.1, -0.05) is 11.6 Å². The van der Waals surface area contributed by atoms with Gasteiger partial charge >= 0.3 is 5.97 Å². The number of pyridine rings is 1. The second-order valence-electron chi connectivity index (χ2n) is 3.86. The summed E-state index contributed by atoms with van der Waals surface area (Å²) in [5.74, 6) is -0.132. The van der Waals surface area contributed by atoms with Gasteiger partial charge in [-0.05, 0) is 40.8 Å². The highest BCUT2D eigenvalue weighted by atomic mass is 79.9. The first-order valence-corrected chi connectivity index (χ1v) is 6.19. The lowest BCUT2D eigenvalue weighted by molar-refractivity contribution is -0.143. The number of carbonyl (C=O) groups excluding carboxylic acids is 1. The number of nitrogens with zero attached hydrogens (tertiary/aromatic N) is 1. The lowest BCUT2D eigenvalue weighted by Gasteiger charge is -2.14. The van der Waals surface area contributed by atoms with Crippen LogP contribution >= 0.6 is 27.5 Å². The molecule has 1 fully saturated rings. The number of carbonyl (C=O) groups is 1. The van der Waals surface area contributed by atoms with E-state index in [0.717, 1.165) is 23.0 Å². The van der Waals surface area contributed by atoms with Gasteiger partial charge in [-0.2, -0.15) is 0 Å². The van der Waals surface area contributed by atoms with Crippen molar-refractivity contribution in [3.63, 3.8) is 0 Å². The third kappa shape index (κ3) is 2.38. The van der Waals surface area contributed by atoms with E-state index in [-0.39, 0.29) is 11.9 Å². The van der Waals surface area contributed by atoms with Crippen LogP contribution in [0.5, 0.6) is 0 Å². The van der Waals surface area contributed by atoms with Gasteiger partial charge in [-0.3, -0.25) is 9.78 Å². The molecule has 1 aliphatic carbocycles. The molecule has 0 spiro atoms. The molecule has 1 atom stereocenters. The Kier molecular flexibility index (Phi) is 3.50. The highest BCUT2D eigenvalue weighted by Crippen LogP contribution is 2.44. The van der Waals surface area contributed by atoms with Crippen LogP contribution in [0, 0.1) is 5.92 Å². The van der Waals surface area contributed by atoms with Crippen molar-refractivity contribution < 1.29 is 9.53 Å². The molecule has 16 heavy (non-hydrogen) atoms. The van der Waals surface area contributed by atoms with Crippen molar-refractivity contribution in [3.05, 3.63) is 27.5 Å². The molecule has 1 unspecified atom stereocenters. The fourth-order valence-electron chi connectivity index (χ4n) is 1.74. The van der Waals surface area contributed by atoms with Gasteiger partial charge in [0.2, 0.25) is 0 Å². The molecule has 0 aliphatic heterocycles. The molecule has 1 saturated carbocycles.